The van der Waals surface area contributed by atoms with Crippen LogP contribution in [0.5, 0.6) is 0 Å². The molecule has 0 aliphatic heterocycles. The molecule has 0 saturated heterocycles. The third-order valence-corrected chi connectivity index (χ3v) is 3.24. The first-order valence-electron chi connectivity index (χ1n) is 7.22. The second kappa shape index (κ2) is 7.90. The molecule has 0 heterocycles. The van der Waals surface area contributed by atoms with Gasteiger partial charge in [0.05, 0.1) is 6.61 Å². The third kappa shape index (κ3) is 4.53. The van der Waals surface area contributed by atoms with Crippen molar-refractivity contribution < 1.29 is 9.53 Å². The van der Waals surface area contributed by atoms with Gasteiger partial charge in [0.25, 0.3) is 0 Å². The van der Waals surface area contributed by atoms with E-state index in [2.05, 4.69) is 17.1 Å². The van der Waals surface area contributed by atoms with Crippen LogP contribution in [0.25, 0.3) is 0 Å². The van der Waals surface area contributed by atoms with Crippen LogP contribution in [0.2, 0.25) is 0 Å². The summed E-state index contributed by atoms with van der Waals surface area (Å²) in [7, 11) is 1.99. The standard InChI is InChI=1S/C16H26N2O2/c1-5-12-17-16(3,15(19)20-6-2)13-18(4)14-10-8-7-9-11-14/h7-11,17H,5-6,12-13H2,1-4H3. The normalized spacial score (nSPS) is 13.6. The number of nitrogens with one attached hydrogen (secondary N) is 1. The van der Waals surface area contributed by atoms with E-state index in [0.29, 0.717) is 13.2 Å². The number of carbonyl (C=O) groups excluding carboxylic acids is 1. The molecule has 4 nitrogen and oxygen atoms in total. The Balaban J connectivity index is 2.80. The zero-order valence-electron chi connectivity index (χ0n) is 13.0. The van der Waals surface area contributed by atoms with E-state index in [1.165, 1.54) is 0 Å². The Bertz CT molecular complexity index is 408. The maximum atomic E-state index is 12.2. The van der Waals surface area contributed by atoms with Crippen LogP contribution in [-0.4, -0.2) is 38.3 Å². The van der Waals surface area contributed by atoms with Crippen LogP contribution in [0.3, 0.4) is 0 Å². The molecule has 0 spiro atoms. The number of likely N-dealkylation sites (N-methyl/N-ethyl adjacent to an activating group) is 1. The lowest BCUT2D eigenvalue weighted by Gasteiger charge is -2.33. The average molecular weight is 278 g/mol. The summed E-state index contributed by atoms with van der Waals surface area (Å²) in [4.78, 5) is 14.3. The zero-order valence-corrected chi connectivity index (χ0v) is 13.0. The maximum Gasteiger partial charge on any atom is 0.327 e. The fraction of sp³-hybridized carbons (Fsp3) is 0.562. The van der Waals surface area contributed by atoms with Gasteiger partial charge in [0, 0.05) is 19.3 Å². The van der Waals surface area contributed by atoms with Gasteiger partial charge in [-0.25, -0.2) is 4.79 Å². The minimum absolute atomic E-state index is 0.198. The quantitative estimate of drug-likeness (QED) is 0.742. The second-order valence-corrected chi connectivity index (χ2v) is 5.17. The number of hydrogen-bond donors (Lipinski definition) is 1. The molecular weight excluding hydrogens is 252 g/mol. The van der Waals surface area contributed by atoms with Crippen LogP contribution in [-0.2, 0) is 9.53 Å². The SMILES string of the molecule is CCCNC(C)(CN(C)c1ccccc1)C(=O)OCC. The molecule has 0 amide bonds. The van der Waals surface area contributed by atoms with Crippen molar-refractivity contribution in [2.24, 2.45) is 0 Å². The largest absolute Gasteiger partial charge is 0.465 e. The maximum absolute atomic E-state index is 12.2. The smallest absolute Gasteiger partial charge is 0.327 e. The second-order valence-electron chi connectivity index (χ2n) is 5.17. The molecule has 1 N–H and O–H groups in total. The van der Waals surface area contributed by atoms with Gasteiger partial charge in [-0.2, -0.15) is 0 Å². The highest BCUT2D eigenvalue weighted by atomic mass is 16.5. The summed E-state index contributed by atoms with van der Waals surface area (Å²) < 4.78 is 5.21. The zero-order chi connectivity index (χ0) is 15.0. The molecule has 0 fully saturated rings. The van der Waals surface area contributed by atoms with Gasteiger partial charge in [0.2, 0.25) is 0 Å². The third-order valence-electron chi connectivity index (χ3n) is 3.24. The Morgan fingerprint density at radius 1 is 1.30 bits per heavy atom. The van der Waals surface area contributed by atoms with E-state index in [0.717, 1.165) is 18.7 Å². The number of para-hydroxylation sites is 1. The molecule has 0 aliphatic rings. The highest BCUT2D eigenvalue weighted by molar-refractivity contribution is 5.81. The number of hydrogen-bond acceptors (Lipinski definition) is 4. The molecule has 0 bridgehead atoms. The van der Waals surface area contributed by atoms with Gasteiger partial charge in [0.1, 0.15) is 5.54 Å². The number of rotatable bonds is 8. The molecule has 1 rings (SSSR count). The minimum atomic E-state index is -0.698. The fourth-order valence-electron chi connectivity index (χ4n) is 2.13. The summed E-state index contributed by atoms with van der Waals surface area (Å²) >= 11 is 0. The topological polar surface area (TPSA) is 41.6 Å². The van der Waals surface area contributed by atoms with Crippen LogP contribution in [0, 0.1) is 0 Å². The predicted molar refractivity (Wildman–Crippen MR) is 83.0 cm³/mol. The Hall–Kier alpha value is -1.55. The first-order valence-corrected chi connectivity index (χ1v) is 7.22. The molecule has 0 radical (unpaired) electrons. The van der Waals surface area contributed by atoms with E-state index in [-0.39, 0.29) is 5.97 Å². The van der Waals surface area contributed by atoms with E-state index in [4.69, 9.17) is 4.74 Å². The van der Waals surface area contributed by atoms with Crippen LogP contribution < -0.4 is 10.2 Å². The van der Waals surface area contributed by atoms with Gasteiger partial charge in [-0.15, -0.1) is 0 Å². The molecule has 1 unspecified atom stereocenters. The van der Waals surface area contributed by atoms with E-state index < -0.39 is 5.54 Å². The first kappa shape index (κ1) is 16.5. The summed E-state index contributed by atoms with van der Waals surface area (Å²) in [6.07, 6.45) is 0.976. The van der Waals surface area contributed by atoms with Gasteiger partial charge in [0.15, 0.2) is 0 Å². The summed E-state index contributed by atoms with van der Waals surface area (Å²) in [5.74, 6) is -0.198. The molecule has 0 aromatic heterocycles. The van der Waals surface area contributed by atoms with E-state index in [1.54, 1.807) is 0 Å². The van der Waals surface area contributed by atoms with Crippen molar-refractivity contribution in [3.05, 3.63) is 30.3 Å². The number of anilines is 1. The van der Waals surface area contributed by atoms with Gasteiger partial charge in [-0.1, -0.05) is 25.1 Å². The van der Waals surface area contributed by atoms with Crippen molar-refractivity contribution in [3.8, 4) is 0 Å². The summed E-state index contributed by atoms with van der Waals surface area (Å²) in [6, 6.07) is 10.0. The lowest BCUT2D eigenvalue weighted by atomic mass is 10.0. The van der Waals surface area contributed by atoms with E-state index >= 15 is 0 Å². The number of esters is 1. The van der Waals surface area contributed by atoms with Crippen molar-refractivity contribution in [2.75, 3.05) is 31.6 Å². The number of benzene rings is 1. The molecule has 1 aromatic carbocycles. The summed E-state index contributed by atoms with van der Waals surface area (Å²) in [5.41, 5.74) is 0.387. The van der Waals surface area contributed by atoms with Crippen LogP contribution in [0.15, 0.2) is 30.3 Å². The van der Waals surface area contributed by atoms with Crippen molar-refractivity contribution in [2.45, 2.75) is 32.7 Å². The van der Waals surface area contributed by atoms with Crippen molar-refractivity contribution in [3.63, 3.8) is 0 Å². The van der Waals surface area contributed by atoms with Crippen LogP contribution in [0.4, 0.5) is 5.69 Å². The van der Waals surface area contributed by atoms with E-state index in [9.17, 15) is 4.79 Å². The summed E-state index contributed by atoms with van der Waals surface area (Å²) in [6.45, 7) is 7.57. The fourth-order valence-corrected chi connectivity index (χ4v) is 2.13. The molecule has 112 valence electrons. The van der Waals surface area contributed by atoms with Crippen LogP contribution in [0.1, 0.15) is 27.2 Å². The highest BCUT2D eigenvalue weighted by Gasteiger charge is 2.35. The Morgan fingerprint density at radius 2 is 1.95 bits per heavy atom. The lowest BCUT2D eigenvalue weighted by molar-refractivity contribution is -0.150. The molecular formula is C16H26N2O2. The molecule has 4 heteroatoms. The monoisotopic (exact) mass is 278 g/mol. The molecule has 0 aliphatic carbocycles. The van der Waals surface area contributed by atoms with Crippen LogP contribution >= 0.6 is 0 Å². The predicted octanol–water partition coefficient (Wildman–Crippen LogP) is 2.44. The van der Waals surface area contributed by atoms with Gasteiger partial charge >= 0.3 is 5.97 Å². The van der Waals surface area contributed by atoms with Crippen molar-refractivity contribution >= 4 is 11.7 Å². The minimum Gasteiger partial charge on any atom is -0.465 e. The summed E-state index contributed by atoms with van der Waals surface area (Å²) in [5, 5.41) is 3.31. The number of nitrogens with zero attached hydrogens (tertiary/aromatic N) is 1. The Morgan fingerprint density at radius 3 is 2.50 bits per heavy atom. The molecule has 0 saturated carbocycles. The average Bonchev–Trinajstić information content (AvgIpc) is 2.46. The Kier molecular flexibility index (Phi) is 6.52. The molecule has 1 atom stereocenters. The lowest BCUT2D eigenvalue weighted by Crippen LogP contribution is -2.57. The van der Waals surface area contributed by atoms with Gasteiger partial charge in [-0.05, 0) is 38.9 Å². The van der Waals surface area contributed by atoms with E-state index in [1.807, 2.05) is 51.2 Å². The highest BCUT2D eigenvalue weighted by Crippen LogP contribution is 2.16. The van der Waals surface area contributed by atoms with Gasteiger partial charge in [-0.3, -0.25) is 0 Å². The van der Waals surface area contributed by atoms with Crippen molar-refractivity contribution in [1.29, 1.82) is 0 Å². The Labute approximate surface area is 122 Å². The van der Waals surface area contributed by atoms with Crippen molar-refractivity contribution in [1.82, 2.24) is 5.32 Å². The first-order chi connectivity index (χ1) is 9.53. The molecule has 1 aromatic rings. The van der Waals surface area contributed by atoms with Gasteiger partial charge < -0.3 is 15.0 Å². The number of carbonyl (C=O) groups is 1. The number of ether oxygens (including phenoxy) is 1. The molecule has 20 heavy (non-hydrogen) atoms.